The lowest BCUT2D eigenvalue weighted by Gasteiger charge is -2.31. The minimum absolute atomic E-state index is 0.133. The molecule has 0 aliphatic heterocycles. The van der Waals surface area contributed by atoms with Crippen molar-refractivity contribution in [3.8, 4) is 0 Å². The van der Waals surface area contributed by atoms with Gasteiger partial charge in [-0.05, 0) is 56.0 Å². The third-order valence-corrected chi connectivity index (χ3v) is 3.81. The SMILES string of the molecule is CC1CC1N(C(=O)OC(C)(C)C)C(C)c1ncc(Br)[nH]1. The lowest BCUT2D eigenvalue weighted by Crippen LogP contribution is -2.40. The van der Waals surface area contributed by atoms with E-state index in [1.807, 2.05) is 27.7 Å². The molecule has 1 amide bonds. The van der Waals surface area contributed by atoms with Crippen LogP contribution >= 0.6 is 15.9 Å². The fraction of sp³-hybridized carbons (Fsp3) is 0.714. The van der Waals surface area contributed by atoms with Crippen molar-refractivity contribution in [3.63, 3.8) is 0 Å². The molecule has 112 valence electrons. The van der Waals surface area contributed by atoms with E-state index in [2.05, 4.69) is 32.8 Å². The number of H-pyrrole nitrogens is 1. The Kier molecular flexibility index (Phi) is 4.14. The van der Waals surface area contributed by atoms with E-state index >= 15 is 0 Å². The van der Waals surface area contributed by atoms with Gasteiger partial charge in [-0.2, -0.15) is 0 Å². The first kappa shape index (κ1) is 15.4. The highest BCUT2D eigenvalue weighted by atomic mass is 79.9. The molecule has 1 aromatic rings. The standard InChI is InChI=1S/C14H22BrN3O2/c1-8-6-10(8)18(13(19)20-14(3,4)5)9(2)12-16-7-11(15)17-12/h7-10H,6H2,1-5H3,(H,16,17). The number of aromatic amines is 1. The molecule has 0 saturated heterocycles. The molecule has 0 aromatic carbocycles. The van der Waals surface area contributed by atoms with Gasteiger partial charge in [0.2, 0.25) is 0 Å². The van der Waals surface area contributed by atoms with Crippen LogP contribution in [-0.4, -0.2) is 32.6 Å². The quantitative estimate of drug-likeness (QED) is 0.905. The predicted octanol–water partition coefficient (Wildman–Crippen LogP) is 3.88. The summed E-state index contributed by atoms with van der Waals surface area (Å²) < 4.78 is 6.34. The lowest BCUT2D eigenvalue weighted by molar-refractivity contribution is 0.0135. The number of ether oxygens (including phenoxy) is 1. The molecule has 1 aromatic heterocycles. The Balaban J connectivity index is 2.17. The molecule has 1 fully saturated rings. The summed E-state index contributed by atoms with van der Waals surface area (Å²) in [7, 11) is 0. The predicted molar refractivity (Wildman–Crippen MR) is 80.3 cm³/mol. The summed E-state index contributed by atoms with van der Waals surface area (Å²) >= 11 is 3.35. The van der Waals surface area contributed by atoms with E-state index in [1.165, 1.54) is 0 Å². The average molecular weight is 344 g/mol. The Labute approximate surface area is 128 Å². The molecule has 5 nitrogen and oxygen atoms in total. The number of halogens is 1. The first-order valence-electron chi connectivity index (χ1n) is 6.91. The highest BCUT2D eigenvalue weighted by molar-refractivity contribution is 9.10. The number of nitrogens with one attached hydrogen (secondary N) is 1. The molecule has 3 unspecified atom stereocenters. The number of carbonyl (C=O) groups excluding carboxylic acids is 1. The van der Waals surface area contributed by atoms with E-state index in [0.29, 0.717) is 5.92 Å². The van der Waals surface area contributed by atoms with E-state index in [9.17, 15) is 4.79 Å². The first-order valence-corrected chi connectivity index (χ1v) is 7.70. The summed E-state index contributed by atoms with van der Waals surface area (Å²) in [5.41, 5.74) is -0.489. The summed E-state index contributed by atoms with van der Waals surface area (Å²) in [5, 5.41) is 0. The van der Waals surface area contributed by atoms with Gasteiger partial charge in [0.15, 0.2) is 0 Å². The molecule has 3 atom stereocenters. The Morgan fingerprint density at radius 1 is 1.60 bits per heavy atom. The van der Waals surface area contributed by atoms with Crippen molar-refractivity contribution in [2.24, 2.45) is 5.92 Å². The van der Waals surface area contributed by atoms with Crippen molar-refractivity contribution >= 4 is 22.0 Å². The van der Waals surface area contributed by atoms with E-state index in [4.69, 9.17) is 4.74 Å². The zero-order chi connectivity index (χ0) is 15.1. The number of nitrogens with zero attached hydrogens (tertiary/aromatic N) is 2. The second kappa shape index (κ2) is 5.39. The van der Waals surface area contributed by atoms with Crippen LogP contribution in [0.1, 0.15) is 52.9 Å². The highest BCUT2D eigenvalue weighted by Gasteiger charge is 2.45. The second-order valence-electron chi connectivity index (χ2n) is 6.46. The molecule has 1 aliphatic rings. The van der Waals surface area contributed by atoms with Crippen molar-refractivity contribution in [1.29, 1.82) is 0 Å². The smallest absolute Gasteiger partial charge is 0.411 e. The van der Waals surface area contributed by atoms with Crippen molar-refractivity contribution in [3.05, 3.63) is 16.6 Å². The summed E-state index contributed by atoms with van der Waals surface area (Å²) in [6.45, 7) is 9.77. The fourth-order valence-corrected chi connectivity index (χ4v) is 2.55. The average Bonchev–Trinajstić information content (AvgIpc) is 2.83. The molecule has 0 spiro atoms. The maximum Gasteiger partial charge on any atom is 0.411 e. The van der Waals surface area contributed by atoms with E-state index in [0.717, 1.165) is 16.8 Å². The Hall–Kier alpha value is -1.04. The van der Waals surface area contributed by atoms with E-state index < -0.39 is 5.60 Å². The van der Waals surface area contributed by atoms with Gasteiger partial charge in [0, 0.05) is 6.04 Å². The molecule has 6 heteroatoms. The number of carbonyl (C=O) groups is 1. The third kappa shape index (κ3) is 3.53. The third-order valence-electron chi connectivity index (χ3n) is 3.41. The monoisotopic (exact) mass is 343 g/mol. The number of rotatable bonds is 3. The fourth-order valence-electron chi connectivity index (χ4n) is 2.24. The van der Waals surface area contributed by atoms with Crippen LogP contribution in [0.2, 0.25) is 0 Å². The molecular weight excluding hydrogens is 322 g/mol. The normalized spacial score (nSPS) is 23.3. The first-order chi connectivity index (χ1) is 9.19. The van der Waals surface area contributed by atoms with Gasteiger partial charge < -0.3 is 9.72 Å². The van der Waals surface area contributed by atoms with Crippen LogP contribution in [0.15, 0.2) is 10.8 Å². The zero-order valence-electron chi connectivity index (χ0n) is 12.6. The summed E-state index contributed by atoms with van der Waals surface area (Å²) in [5.74, 6) is 1.28. The van der Waals surface area contributed by atoms with Gasteiger partial charge >= 0.3 is 6.09 Å². The van der Waals surface area contributed by atoms with Crippen molar-refractivity contribution in [2.45, 2.75) is 58.7 Å². The van der Waals surface area contributed by atoms with Crippen LogP contribution in [0.3, 0.4) is 0 Å². The van der Waals surface area contributed by atoms with Gasteiger partial charge in [0.05, 0.1) is 12.2 Å². The van der Waals surface area contributed by atoms with Gasteiger partial charge in [-0.25, -0.2) is 9.78 Å². The van der Waals surface area contributed by atoms with E-state index in [-0.39, 0.29) is 18.2 Å². The van der Waals surface area contributed by atoms with Crippen LogP contribution in [0, 0.1) is 5.92 Å². The van der Waals surface area contributed by atoms with Crippen LogP contribution in [0.25, 0.3) is 0 Å². The summed E-state index contributed by atoms with van der Waals surface area (Å²) in [4.78, 5) is 21.7. The number of imidazole rings is 1. The van der Waals surface area contributed by atoms with Crippen molar-refractivity contribution < 1.29 is 9.53 Å². The van der Waals surface area contributed by atoms with Crippen molar-refractivity contribution in [2.75, 3.05) is 0 Å². The largest absolute Gasteiger partial charge is 0.444 e. The molecule has 1 aliphatic carbocycles. The number of hydrogen-bond acceptors (Lipinski definition) is 3. The van der Waals surface area contributed by atoms with E-state index in [1.54, 1.807) is 11.1 Å². The zero-order valence-corrected chi connectivity index (χ0v) is 14.2. The van der Waals surface area contributed by atoms with Gasteiger partial charge in [-0.3, -0.25) is 4.90 Å². The second-order valence-corrected chi connectivity index (χ2v) is 7.31. The molecule has 0 bridgehead atoms. The Bertz CT molecular complexity index is 495. The van der Waals surface area contributed by atoms with Gasteiger partial charge in [-0.15, -0.1) is 0 Å². The number of aromatic nitrogens is 2. The van der Waals surface area contributed by atoms with Gasteiger partial charge in [0.25, 0.3) is 0 Å². The Morgan fingerprint density at radius 3 is 2.60 bits per heavy atom. The molecule has 2 rings (SSSR count). The van der Waals surface area contributed by atoms with Gasteiger partial charge in [-0.1, -0.05) is 6.92 Å². The molecule has 1 N–H and O–H groups in total. The van der Waals surface area contributed by atoms with Crippen molar-refractivity contribution in [1.82, 2.24) is 14.9 Å². The summed E-state index contributed by atoms with van der Waals surface area (Å²) in [6, 6.07) is 0.106. The summed E-state index contributed by atoms with van der Waals surface area (Å²) in [6.07, 6.45) is 2.45. The minimum atomic E-state index is -0.489. The molecule has 1 heterocycles. The maximum atomic E-state index is 12.5. The van der Waals surface area contributed by atoms with Crippen LogP contribution < -0.4 is 0 Å². The molecule has 0 radical (unpaired) electrons. The minimum Gasteiger partial charge on any atom is -0.444 e. The molecule has 1 saturated carbocycles. The number of hydrogen-bond donors (Lipinski definition) is 1. The highest BCUT2D eigenvalue weighted by Crippen LogP contribution is 2.40. The molecular formula is C14H22BrN3O2. The van der Waals surface area contributed by atoms with Crippen LogP contribution in [0.5, 0.6) is 0 Å². The van der Waals surface area contributed by atoms with Gasteiger partial charge in [0.1, 0.15) is 16.0 Å². The number of amides is 1. The van der Waals surface area contributed by atoms with Crippen LogP contribution in [-0.2, 0) is 4.74 Å². The lowest BCUT2D eigenvalue weighted by atomic mass is 10.2. The maximum absolute atomic E-state index is 12.5. The van der Waals surface area contributed by atoms with Crippen LogP contribution in [0.4, 0.5) is 4.79 Å². The topological polar surface area (TPSA) is 58.2 Å². The Morgan fingerprint density at radius 2 is 2.20 bits per heavy atom. The molecule has 20 heavy (non-hydrogen) atoms.